The lowest BCUT2D eigenvalue weighted by atomic mass is 10.1. The molecule has 0 unspecified atom stereocenters. The molecule has 0 fully saturated rings. The lowest BCUT2D eigenvalue weighted by molar-refractivity contribution is 0.102. The lowest BCUT2D eigenvalue weighted by Gasteiger charge is -2.10. The number of rotatable bonds is 2. The third-order valence-electron chi connectivity index (χ3n) is 3.35. The molecule has 0 aliphatic rings. The van der Waals surface area contributed by atoms with Crippen LogP contribution >= 0.6 is 0 Å². The van der Waals surface area contributed by atoms with E-state index in [1.807, 2.05) is 13.8 Å². The zero-order valence-electron chi connectivity index (χ0n) is 12.1. The van der Waals surface area contributed by atoms with Gasteiger partial charge in [0.25, 0.3) is 5.91 Å². The monoisotopic (exact) mass is 295 g/mol. The predicted octanol–water partition coefficient (Wildman–Crippen LogP) is 2.45. The van der Waals surface area contributed by atoms with Crippen molar-refractivity contribution in [2.24, 2.45) is 0 Å². The molecule has 110 valence electrons. The average Bonchev–Trinajstić information content (AvgIpc) is 2.49. The van der Waals surface area contributed by atoms with Crippen molar-refractivity contribution in [1.82, 2.24) is 10.2 Å². The van der Waals surface area contributed by atoms with Crippen LogP contribution in [-0.2, 0) is 0 Å². The van der Waals surface area contributed by atoms with Crippen molar-refractivity contribution in [2.75, 3.05) is 5.32 Å². The van der Waals surface area contributed by atoms with Gasteiger partial charge in [-0.05, 0) is 49.2 Å². The van der Waals surface area contributed by atoms with Gasteiger partial charge in [0, 0.05) is 23.3 Å². The fourth-order valence-electron chi connectivity index (χ4n) is 2.21. The summed E-state index contributed by atoms with van der Waals surface area (Å²) < 4.78 is 5.18. The van der Waals surface area contributed by atoms with Crippen LogP contribution in [0.4, 0.5) is 5.69 Å². The predicted molar refractivity (Wildman–Crippen MR) is 81.9 cm³/mol. The van der Waals surface area contributed by atoms with E-state index in [4.69, 9.17) is 4.42 Å². The van der Waals surface area contributed by atoms with Crippen LogP contribution in [0.25, 0.3) is 11.0 Å². The summed E-state index contributed by atoms with van der Waals surface area (Å²) in [5, 5.41) is 11.0. The van der Waals surface area contributed by atoms with E-state index in [1.54, 1.807) is 24.3 Å². The Morgan fingerprint density at radius 2 is 2.00 bits per heavy atom. The van der Waals surface area contributed by atoms with E-state index in [0.29, 0.717) is 11.3 Å². The van der Waals surface area contributed by atoms with Crippen molar-refractivity contribution in [1.29, 1.82) is 0 Å². The first-order chi connectivity index (χ1) is 10.5. The smallest absolute Gasteiger partial charge is 0.336 e. The van der Waals surface area contributed by atoms with E-state index in [-0.39, 0.29) is 17.2 Å². The van der Waals surface area contributed by atoms with Gasteiger partial charge in [-0.15, -0.1) is 5.10 Å². The number of aromatic nitrogens is 2. The second kappa shape index (κ2) is 5.40. The number of aryl methyl sites for hydroxylation is 2. The van der Waals surface area contributed by atoms with E-state index >= 15 is 0 Å². The number of nitrogens with zero attached hydrogens (tertiary/aromatic N) is 2. The van der Waals surface area contributed by atoms with E-state index in [0.717, 1.165) is 16.5 Å². The second-order valence-electron chi connectivity index (χ2n) is 4.97. The Labute approximate surface area is 125 Å². The molecular formula is C16H13N3O3. The second-order valence-corrected chi connectivity index (χ2v) is 4.97. The molecule has 3 aromatic rings. The molecule has 3 rings (SSSR count). The van der Waals surface area contributed by atoms with E-state index in [1.165, 1.54) is 12.3 Å². The summed E-state index contributed by atoms with van der Waals surface area (Å²) in [5.74, 6) is -0.342. The molecule has 0 aliphatic carbocycles. The molecule has 22 heavy (non-hydrogen) atoms. The first-order valence-corrected chi connectivity index (χ1v) is 6.69. The maximum absolute atomic E-state index is 12.2. The van der Waals surface area contributed by atoms with Gasteiger partial charge in [0.2, 0.25) is 0 Å². The van der Waals surface area contributed by atoms with Gasteiger partial charge in [0.15, 0.2) is 5.69 Å². The minimum Gasteiger partial charge on any atom is -0.423 e. The number of benzene rings is 1. The first-order valence-electron chi connectivity index (χ1n) is 6.69. The highest BCUT2D eigenvalue weighted by molar-refractivity contribution is 6.04. The Bertz CT molecular complexity index is 917. The minimum absolute atomic E-state index is 0.235. The van der Waals surface area contributed by atoms with Crippen molar-refractivity contribution in [3.8, 4) is 0 Å². The van der Waals surface area contributed by atoms with Gasteiger partial charge in [-0.25, -0.2) is 4.79 Å². The number of nitrogens with one attached hydrogen (secondary N) is 1. The Morgan fingerprint density at radius 1 is 1.18 bits per heavy atom. The van der Waals surface area contributed by atoms with Gasteiger partial charge in [-0.3, -0.25) is 4.79 Å². The van der Waals surface area contributed by atoms with Gasteiger partial charge in [0.05, 0.1) is 0 Å². The zero-order valence-corrected chi connectivity index (χ0v) is 12.1. The van der Waals surface area contributed by atoms with E-state index < -0.39 is 0 Å². The number of carbonyl (C=O) groups is 1. The molecule has 0 spiro atoms. The normalized spacial score (nSPS) is 10.6. The Kier molecular flexibility index (Phi) is 3.42. The number of hydrogen-bond donors (Lipinski definition) is 1. The summed E-state index contributed by atoms with van der Waals surface area (Å²) in [4.78, 5) is 23.6. The van der Waals surface area contributed by atoms with E-state index in [9.17, 15) is 9.59 Å². The van der Waals surface area contributed by atoms with Gasteiger partial charge >= 0.3 is 5.63 Å². The van der Waals surface area contributed by atoms with Crippen LogP contribution in [0.5, 0.6) is 0 Å². The molecule has 2 aromatic heterocycles. The van der Waals surface area contributed by atoms with Gasteiger partial charge < -0.3 is 9.73 Å². The fraction of sp³-hybridized carbons (Fsp3) is 0.125. The Morgan fingerprint density at radius 3 is 2.73 bits per heavy atom. The van der Waals surface area contributed by atoms with Crippen molar-refractivity contribution >= 4 is 22.6 Å². The summed E-state index contributed by atoms with van der Waals surface area (Å²) in [5.41, 5.74) is 2.57. The van der Waals surface area contributed by atoms with Crippen LogP contribution in [0.3, 0.4) is 0 Å². The van der Waals surface area contributed by atoms with Gasteiger partial charge in [0.1, 0.15) is 5.58 Å². The molecule has 1 N–H and O–H groups in total. The largest absolute Gasteiger partial charge is 0.423 e. The van der Waals surface area contributed by atoms with Crippen LogP contribution in [0.15, 0.2) is 45.7 Å². The fourth-order valence-corrected chi connectivity index (χ4v) is 2.21. The average molecular weight is 295 g/mol. The van der Waals surface area contributed by atoms with Crippen LogP contribution in [0, 0.1) is 13.8 Å². The van der Waals surface area contributed by atoms with Crippen molar-refractivity contribution < 1.29 is 9.21 Å². The third kappa shape index (κ3) is 2.58. The number of fused-ring (bicyclic) bond motifs is 1. The quantitative estimate of drug-likeness (QED) is 0.734. The van der Waals surface area contributed by atoms with E-state index in [2.05, 4.69) is 15.5 Å². The summed E-state index contributed by atoms with van der Waals surface area (Å²) >= 11 is 0. The molecule has 0 atom stereocenters. The number of hydrogen-bond acceptors (Lipinski definition) is 5. The van der Waals surface area contributed by atoms with Crippen LogP contribution in [0.2, 0.25) is 0 Å². The zero-order chi connectivity index (χ0) is 15.7. The van der Waals surface area contributed by atoms with Crippen molar-refractivity contribution in [3.05, 3.63) is 63.8 Å². The Balaban J connectivity index is 2.03. The maximum atomic E-state index is 12.2. The Hall–Kier alpha value is -3.02. The maximum Gasteiger partial charge on any atom is 0.336 e. The SMILES string of the molecule is Cc1cc2oc(=O)cc(C)c2cc1NC(=O)c1cccnn1. The molecule has 1 aromatic carbocycles. The topological polar surface area (TPSA) is 85.1 Å². The summed E-state index contributed by atoms with van der Waals surface area (Å²) in [7, 11) is 0. The summed E-state index contributed by atoms with van der Waals surface area (Å²) in [6.07, 6.45) is 1.50. The summed E-state index contributed by atoms with van der Waals surface area (Å²) in [6, 6.07) is 8.18. The molecule has 0 bridgehead atoms. The van der Waals surface area contributed by atoms with Gasteiger partial charge in [-0.2, -0.15) is 5.10 Å². The highest BCUT2D eigenvalue weighted by atomic mass is 16.4. The van der Waals surface area contributed by atoms with Crippen molar-refractivity contribution in [2.45, 2.75) is 13.8 Å². The molecule has 6 nitrogen and oxygen atoms in total. The molecule has 1 amide bonds. The molecule has 2 heterocycles. The van der Waals surface area contributed by atoms with Crippen LogP contribution in [-0.4, -0.2) is 16.1 Å². The molecule has 0 saturated carbocycles. The third-order valence-corrected chi connectivity index (χ3v) is 3.35. The molecule has 0 radical (unpaired) electrons. The first kappa shape index (κ1) is 13.9. The minimum atomic E-state index is -0.388. The molecule has 0 saturated heterocycles. The van der Waals surface area contributed by atoms with Gasteiger partial charge in [-0.1, -0.05) is 0 Å². The standard InChI is InChI=1S/C16H13N3O3/c1-9-7-15(20)22-14-6-10(2)13(8-11(9)14)18-16(21)12-4-3-5-17-19-12/h3-8H,1-2H3,(H,18,21). The number of amides is 1. The molecule has 6 heteroatoms. The van der Waals surface area contributed by atoms with Crippen LogP contribution < -0.4 is 10.9 Å². The highest BCUT2D eigenvalue weighted by Gasteiger charge is 2.12. The van der Waals surface area contributed by atoms with Crippen molar-refractivity contribution in [3.63, 3.8) is 0 Å². The van der Waals surface area contributed by atoms with Crippen LogP contribution in [0.1, 0.15) is 21.6 Å². The molecular weight excluding hydrogens is 282 g/mol. The number of carbonyl (C=O) groups excluding carboxylic acids is 1. The lowest BCUT2D eigenvalue weighted by Crippen LogP contribution is -2.15. The highest BCUT2D eigenvalue weighted by Crippen LogP contribution is 2.25. The number of anilines is 1. The summed E-state index contributed by atoms with van der Waals surface area (Å²) in [6.45, 7) is 3.65. The molecule has 0 aliphatic heterocycles.